The smallest absolute Gasteiger partial charge is 0.0702 e. The summed E-state index contributed by atoms with van der Waals surface area (Å²) in [6.07, 6.45) is 4.07. The van der Waals surface area contributed by atoms with Crippen LogP contribution >= 0.6 is 27.3 Å². The number of nitrogens with two attached hydrogens (primary N) is 1. The van der Waals surface area contributed by atoms with Gasteiger partial charge in [0.25, 0.3) is 0 Å². The number of fused-ring (bicyclic) bond motifs is 1. The molecule has 0 saturated carbocycles. The van der Waals surface area contributed by atoms with Crippen LogP contribution in [0.2, 0.25) is 0 Å². The molecule has 2 atom stereocenters. The minimum Gasteiger partial charge on any atom is -0.271 e. The molecule has 94 valence electrons. The molecule has 18 heavy (non-hydrogen) atoms. The van der Waals surface area contributed by atoms with Gasteiger partial charge in [0.1, 0.15) is 0 Å². The summed E-state index contributed by atoms with van der Waals surface area (Å²) in [5, 5.41) is 0. The van der Waals surface area contributed by atoms with Crippen LogP contribution in [0.25, 0.3) is 0 Å². The Morgan fingerprint density at radius 3 is 3.06 bits per heavy atom. The van der Waals surface area contributed by atoms with Crippen LogP contribution in [0.5, 0.6) is 0 Å². The minimum absolute atomic E-state index is 0.150. The molecule has 2 heterocycles. The standard InChI is InChI=1S/C13H14BrN3S/c14-11-6-5-10(18-11)13(17-15)9-4-3-8-2-1-7-16-12(8)9/h1-2,5-7,9,13,17H,3-4,15H2. The van der Waals surface area contributed by atoms with E-state index in [1.54, 1.807) is 11.3 Å². The Bertz CT molecular complexity index is 555. The number of pyridine rings is 1. The Labute approximate surface area is 119 Å². The summed E-state index contributed by atoms with van der Waals surface area (Å²) in [6.45, 7) is 0. The molecule has 0 aromatic carbocycles. The molecule has 0 radical (unpaired) electrons. The van der Waals surface area contributed by atoms with Crippen molar-refractivity contribution in [3.05, 3.63) is 50.4 Å². The van der Waals surface area contributed by atoms with E-state index < -0.39 is 0 Å². The Balaban J connectivity index is 1.95. The van der Waals surface area contributed by atoms with E-state index in [1.165, 1.54) is 16.1 Å². The molecule has 0 bridgehead atoms. The molecule has 3 nitrogen and oxygen atoms in total. The fourth-order valence-corrected chi connectivity index (χ4v) is 4.21. The molecule has 3 N–H and O–H groups in total. The Kier molecular flexibility index (Phi) is 3.48. The molecule has 0 aliphatic heterocycles. The van der Waals surface area contributed by atoms with E-state index in [0.29, 0.717) is 5.92 Å². The van der Waals surface area contributed by atoms with Gasteiger partial charge in [-0.1, -0.05) is 6.07 Å². The van der Waals surface area contributed by atoms with E-state index in [-0.39, 0.29) is 6.04 Å². The molecule has 5 heteroatoms. The fourth-order valence-electron chi connectivity index (χ4n) is 2.66. The quantitative estimate of drug-likeness (QED) is 0.674. The predicted octanol–water partition coefficient (Wildman–Crippen LogP) is 3.14. The molecular formula is C13H14BrN3S. The third-order valence-corrected chi connectivity index (χ3v) is 5.19. The highest BCUT2D eigenvalue weighted by atomic mass is 79.9. The Morgan fingerprint density at radius 2 is 2.33 bits per heavy atom. The van der Waals surface area contributed by atoms with Crippen LogP contribution in [0.15, 0.2) is 34.2 Å². The van der Waals surface area contributed by atoms with Crippen molar-refractivity contribution in [2.24, 2.45) is 5.84 Å². The highest BCUT2D eigenvalue weighted by Gasteiger charge is 2.32. The van der Waals surface area contributed by atoms with Crippen molar-refractivity contribution >= 4 is 27.3 Å². The summed E-state index contributed by atoms with van der Waals surface area (Å²) < 4.78 is 1.14. The average molecular weight is 324 g/mol. The molecule has 0 fully saturated rings. The van der Waals surface area contributed by atoms with Gasteiger partial charge in [0.2, 0.25) is 0 Å². The van der Waals surface area contributed by atoms with Crippen LogP contribution in [0.1, 0.15) is 34.5 Å². The first-order chi connectivity index (χ1) is 8.79. The normalized spacial score (nSPS) is 19.8. The van der Waals surface area contributed by atoms with E-state index in [1.807, 2.05) is 12.3 Å². The lowest BCUT2D eigenvalue weighted by Crippen LogP contribution is -2.31. The van der Waals surface area contributed by atoms with Gasteiger partial charge >= 0.3 is 0 Å². The van der Waals surface area contributed by atoms with E-state index >= 15 is 0 Å². The monoisotopic (exact) mass is 323 g/mol. The zero-order chi connectivity index (χ0) is 12.5. The molecule has 0 saturated heterocycles. The maximum Gasteiger partial charge on any atom is 0.0702 e. The summed E-state index contributed by atoms with van der Waals surface area (Å²) in [4.78, 5) is 5.80. The zero-order valence-corrected chi connectivity index (χ0v) is 12.2. The number of halogens is 1. The number of nitrogens with one attached hydrogen (secondary N) is 1. The number of nitrogens with zero attached hydrogens (tertiary/aromatic N) is 1. The van der Waals surface area contributed by atoms with E-state index in [0.717, 1.165) is 16.6 Å². The van der Waals surface area contributed by atoms with Gasteiger partial charge in [0, 0.05) is 22.7 Å². The number of hydrazine groups is 1. The lowest BCUT2D eigenvalue weighted by molar-refractivity contribution is 0.453. The molecule has 2 aromatic heterocycles. The highest BCUT2D eigenvalue weighted by Crippen LogP contribution is 2.42. The molecule has 3 rings (SSSR count). The number of hydrogen-bond donors (Lipinski definition) is 2. The first-order valence-electron chi connectivity index (χ1n) is 5.94. The van der Waals surface area contributed by atoms with Crippen LogP contribution in [0.4, 0.5) is 0 Å². The fraction of sp³-hybridized carbons (Fsp3) is 0.308. The largest absolute Gasteiger partial charge is 0.271 e. The van der Waals surface area contributed by atoms with Gasteiger partial charge in [-0.2, -0.15) is 0 Å². The summed E-state index contributed by atoms with van der Waals surface area (Å²) >= 11 is 5.23. The second kappa shape index (κ2) is 5.09. The van der Waals surface area contributed by atoms with Crippen molar-refractivity contribution in [3.8, 4) is 0 Å². The van der Waals surface area contributed by atoms with Crippen LogP contribution in [-0.4, -0.2) is 4.98 Å². The summed E-state index contributed by atoms with van der Waals surface area (Å²) in [5.41, 5.74) is 5.52. The molecular weight excluding hydrogens is 310 g/mol. The van der Waals surface area contributed by atoms with Crippen LogP contribution in [-0.2, 0) is 6.42 Å². The maximum absolute atomic E-state index is 5.76. The first-order valence-corrected chi connectivity index (χ1v) is 7.55. The lowest BCUT2D eigenvalue weighted by atomic mass is 9.96. The number of rotatable bonds is 3. The molecule has 2 aromatic rings. The average Bonchev–Trinajstić information content (AvgIpc) is 2.98. The van der Waals surface area contributed by atoms with Crippen molar-refractivity contribution in [2.75, 3.05) is 0 Å². The molecule has 1 aliphatic rings. The van der Waals surface area contributed by atoms with Crippen LogP contribution in [0.3, 0.4) is 0 Å². The van der Waals surface area contributed by atoms with Crippen LogP contribution < -0.4 is 11.3 Å². The van der Waals surface area contributed by atoms with Gasteiger partial charge in [-0.25, -0.2) is 0 Å². The number of aryl methyl sites for hydroxylation is 1. The SMILES string of the molecule is NNC(c1ccc(Br)s1)C1CCc2cccnc21. The van der Waals surface area contributed by atoms with Crippen molar-refractivity contribution in [1.29, 1.82) is 0 Å². The van der Waals surface area contributed by atoms with Gasteiger partial charge in [0.05, 0.1) is 9.83 Å². The van der Waals surface area contributed by atoms with Crippen LogP contribution in [0, 0.1) is 0 Å². The number of aromatic nitrogens is 1. The van der Waals surface area contributed by atoms with E-state index in [4.69, 9.17) is 5.84 Å². The zero-order valence-electron chi connectivity index (χ0n) is 9.77. The summed E-state index contributed by atoms with van der Waals surface area (Å²) in [7, 11) is 0. The topological polar surface area (TPSA) is 50.9 Å². The van der Waals surface area contributed by atoms with Gasteiger partial charge in [-0.05, 0) is 52.5 Å². The van der Waals surface area contributed by atoms with Gasteiger partial charge in [0.15, 0.2) is 0 Å². The number of hydrogen-bond acceptors (Lipinski definition) is 4. The van der Waals surface area contributed by atoms with Gasteiger partial charge < -0.3 is 0 Å². The first kappa shape index (κ1) is 12.3. The highest BCUT2D eigenvalue weighted by molar-refractivity contribution is 9.11. The minimum atomic E-state index is 0.150. The van der Waals surface area contributed by atoms with Crippen molar-refractivity contribution < 1.29 is 0 Å². The van der Waals surface area contributed by atoms with Crippen molar-refractivity contribution in [3.63, 3.8) is 0 Å². The Morgan fingerprint density at radius 1 is 1.44 bits per heavy atom. The molecule has 0 spiro atoms. The third-order valence-electron chi connectivity index (χ3n) is 3.48. The second-order valence-corrected chi connectivity index (χ2v) is 6.97. The maximum atomic E-state index is 5.76. The summed E-state index contributed by atoms with van der Waals surface area (Å²) in [6, 6.07) is 8.52. The van der Waals surface area contributed by atoms with Crippen molar-refractivity contribution in [2.45, 2.75) is 24.8 Å². The molecule has 1 aliphatic carbocycles. The van der Waals surface area contributed by atoms with Crippen molar-refractivity contribution in [1.82, 2.24) is 10.4 Å². The van der Waals surface area contributed by atoms with E-state index in [9.17, 15) is 0 Å². The van der Waals surface area contributed by atoms with Gasteiger partial charge in [-0.3, -0.25) is 16.3 Å². The molecule has 2 unspecified atom stereocenters. The Hall–Kier alpha value is -0.750. The lowest BCUT2D eigenvalue weighted by Gasteiger charge is -2.21. The number of thiophene rings is 1. The summed E-state index contributed by atoms with van der Waals surface area (Å²) in [5.74, 6) is 6.14. The van der Waals surface area contributed by atoms with E-state index in [2.05, 4.69) is 44.5 Å². The molecule has 0 amide bonds. The van der Waals surface area contributed by atoms with Gasteiger partial charge in [-0.15, -0.1) is 11.3 Å². The third kappa shape index (κ3) is 2.12. The predicted molar refractivity (Wildman–Crippen MR) is 77.4 cm³/mol. The second-order valence-electron chi connectivity index (χ2n) is 4.48.